The standard InChI is InChI=1S/C22H32N4O2/c1-17-14-19(24-23-17)21(28)25-12-9-22(10-13-25)15-20(27)26(16-22)11-5-8-18-6-3-2-4-7-18/h2-4,6-7,17,19,23-24H,5,8-16H2,1H3. The third-order valence-corrected chi connectivity index (χ3v) is 6.67. The fraction of sp³-hybridized carbons (Fsp3) is 0.636. The zero-order valence-corrected chi connectivity index (χ0v) is 16.8. The molecule has 1 spiro atoms. The minimum Gasteiger partial charge on any atom is -0.342 e. The molecule has 3 aliphatic rings. The molecule has 2 atom stereocenters. The van der Waals surface area contributed by atoms with Gasteiger partial charge in [0.25, 0.3) is 0 Å². The van der Waals surface area contributed by atoms with Gasteiger partial charge >= 0.3 is 0 Å². The highest BCUT2D eigenvalue weighted by Gasteiger charge is 2.45. The molecule has 4 rings (SSSR count). The van der Waals surface area contributed by atoms with Gasteiger partial charge in [0.1, 0.15) is 6.04 Å². The van der Waals surface area contributed by atoms with Gasteiger partial charge in [0, 0.05) is 44.1 Å². The van der Waals surface area contributed by atoms with Gasteiger partial charge in [0.15, 0.2) is 0 Å². The summed E-state index contributed by atoms with van der Waals surface area (Å²) in [6.45, 7) is 5.34. The summed E-state index contributed by atoms with van der Waals surface area (Å²) in [6.07, 6.45) is 5.40. The highest BCUT2D eigenvalue weighted by atomic mass is 16.2. The molecule has 1 aromatic carbocycles. The second-order valence-corrected chi connectivity index (χ2v) is 8.88. The molecule has 152 valence electrons. The van der Waals surface area contributed by atoms with Crippen LogP contribution in [0.3, 0.4) is 0 Å². The Kier molecular flexibility index (Phi) is 5.69. The topological polar surface area (TPSA) is 64.7 Å². The number of hydrazine groups is 1. The van der Waals surface area contributed by atoms with Crippen molar-refractivity contribution in [3.05, 3.63) is 35.9 Å². The molecule has 6 nitrogen and oxygen atoms in total. The fourth-order valence-corrected chi connectivity index (χ4v) is 4.94. The number of amides is 2. The van der Waals surface area contributed by atoms with Crippen molar-refractivity contribution < 1.29 is 9.59 Å². The van der Waals surface area contributed by atoms with Crippen LogP contribution >= 0.6 is 0 Å². The van der Waals surface area contributed by atoms with Crippen molar-refractivity contribution in [1.82, 2.24) is 20.7 Å². The highest BCUT2D eigenvalue weighted by molar-refractivity contribution is 5.82. The van der Waals surface area contributed by atoms with Crippen molar-refractivity contribution in [1.29, 1.82) is 0 Å². The number of hydrogen-bond acceptors (Lipinski definition) is 4. The summed E-state index contributed by atoms with van der Waals surface area (Å²) in [7, 11) is 0. The zero-order chi connectivity index (χ0) is 19.6. The average molecular weight is 385 g/mol. The van der Waals surface area contributed by atoms with Gasteiger partial charge in [-0.3, -0.25) is 15.0 Å². The van der Waals surface area contributed by atoms with E-state index in [1.54, 1.807) is 0 Å². The van der Waals surface area contributed by atoms with Crippen molar-refractivity contribution >= 4 is 11.8 Å². The molecule has 6 heteroatoms. The fourth-order valence-electron chi connectivity index (χ4n) is 4.94. The molecule has 2 amide bonds. The lowest BCUT2D eigenvalue weighted by Crippen LogP contribution is -2.50. The molecule has 2 N–H and O–H groups in total. The minimum atomic E-state index is -0.108. The molecular weight excluding hydrogens is 352 g/mol. The van der Waals surface area contributed by atoms with Crippen LogP contribution in [-0.4, -0.2) is 59.9 Å². The third kappa shape index (κ3) is 4.23. The maximum absolute atomic E-state index is 12.7. The first kappa shape index (κ1) is 19.4. The molecule has 3 saturated heterocycles. The monoisotopic (exact) mass is 384 g/mol. The van der Waals surface area contributed by atoms with E-state index in [2.05, 4.69) is 46.9 Å². The molecule has 1 aromatic rings. The number of piperidine rings is 1. The largest absolute Gasteiger partial charge is 0.342 e. The molecule has 2 unspecified atom stereocenters. The smallest absolute Gasteiger partial charge is 0.241 e. The average Bonchev–Trinajstić information content (AvgIpc) is 3.26. The van der Waals surface area contributed by atoms with Crippen LogP contribution in [0.25, 0.3) is 0 Å². The number of nitrogens with zero attached hydrogens (tertiary/aromatic N) is 2. The van der Waals surface area contributed by atoms with Crippen molar-refractivity contribution in [2.75, 3.05) is 26.2 Å². The summed E-state index contributed by atoms with van der Waals surface area (Å²) in [6, 6.07) is 10.7. The Morgan fingerprint density at radius 1 is 1.18 bits per heavy atom. The van der Waals surface area contributed by atoms with Gasteiger partial charge in [-0.15, -0.1) is 0 Å². The van der Waals surface area contributed by atoms with Crippen LogP contribution in [0, 0.1) is 5.41 Å². The number of aryl methyl sites for hydroxylation is 1. The Morgan fingerprint density at radius 2 is 1.93 bits per heavy atom. The van der Waals surface area contributed by atoms with Crippen LogP contribution in [0.5, 0.6) is 0 Å². The predicted molar refractivity (Wildman–Crippen MR) is 108 cm³/mol. The summed E-state index contributed by atoms with van der Waals surface area (Å²) >= 11 is 0. The second-order valence-electron chi connectivity index (χ2n) is 8.88. The number of rotatable bonds is 5. The highest BCUT2D eigenvalue weighted by Crippen LogP contribution is 2.41. The number of hydrogen-bond donors (Lipinski definition) is 2. The first-order valence-corrected chi connectivity index (χ1v) is 10.7. The van der Waals surface area contributed by atoms with E-state index >= 15 is 0 Å². The predicted octanol–water partition coefficient (Wildman–Crippen LogP) is 1.72. The van der Waals surface area contributed by atoms with E-state index in [4.69, 9.17) is 0 Å². The van der Waals surface area contributed by atoms with Gasteiger partial charge in [-0.2, -0.15) is 0 Å². The van der Waals surface area contributed by atoms with Gasteiger partial charge in [-0.1, -0.05) is 30.3 Å². The van der Waals surface area contributed by atoms with Crippen molar-refractivity contribution in [3.63, 3.8) is 0 Å². The lowest BCUT2D eigenvalue weighted by molar-refractivity contribution is -0.135. The van der Waals surface area contributed by atoms with E-state index < -0.39 is 0 Å². The molecule has 3 fully saturated rings. The van der Waals surface area contributed by atoms with Crippen LogP contribution in [0.4, 0.5) is 0 Å². The van der Waals surface area contributed by atoms with Gasteiger partial charge < -0.3 is 9.80 Å². The Hall–Kier alpha value is -1.92. The van der Waals surface area contributed by atoms with E-state index in [9.17, 15) is 9.59 Å². The quantitative estimate of drug-likeness (QED) is 0.811. The lowest BCUT2D eigenvalue weighted by Gasteiger charge is -2.39. The molecule has 0 radical (unpaired) electrons. The van der Waals surface area contributed by atoms with E-state index in [1.807, 2.05) is 11.0 Å². The SMILES string of the molecule is CC1CC(C(=O)N2CCC3(CC2)CC(=O)N(CCCc2ccccc2)C3)NN1. The summed E-state index contributed by atoms with van der Waals surface area (Å²) in [5.74, 6) is 0.499. The Bertz CT molecular complexity index is 700. The van der Waals surface area contributed by atoms with E-state index in [0.29, 0.717) is 18.4 Å². The van der Waals surface area contributed by atoms with Crippen LogP contribution in [0.15, 0.2) is 30.3 Å². The first-order valence-electron chi connectivity index (χ1n) is 10.7. The van der Waals surface area contributed by atoms with E-state index in [0.717, 1.165) is 58.3 Å². The summed E-state index contributed by atoms with van der Waals surface area (Å²) in [4.78, 5) is 29.3. The molecule has 3 heterocycles. The molecule has 0 aromatic heterocycles. The number of nitrogens with one attached hydrogen (secondary N) is 2. The van der Waals surface area contributed by atoms with Gasteiger partial charge in [-0.25, -0.2) is 5.43 Å². The van der Waals surface area contributed by atoms with E-state index in [-0.39, 0.29) is 17.4 Å². The molecular formula is C22H32N4O2. The van der Waals surface area contributed by atoms with Gasteiger partial charge in [0.2, 0.25) is 11.8 Å². The van der Waals surface area contributed by atoms with Gasteiger partial charge in [0.05, 0.1) is 0 Å². The lowest BCUT2D eigenvalue weighted by atomic mass is 9.77. The van der Waals surface area contributed by atoms with Crippen molar-refractivity contribution in [3.8, 4) is 0 Å². The van der Waals surface area contributed by atoms with Crippen LogP contribution in [0.2, 0.25) is 0 Å². The second kappa shape index (κ2) is 8.21. The Morgan fingerprint density at radius 3 is 2.61 bits per heavy atom. The maximum Gasteiger partial charge on any atom is 0.241 e. The molecule has 0 saturated carbocycles. The van der Waals surface area contributed by atoms with Crippen molar-refractivity contribution in [2.24, 2.45) is 5.41 Å². The number of likely N-dealkylation sites (tertiary alicyclic amines) is 2. The molecule has 3 aliphatic heterocycles. The number of carbonyl (C=O) groups excluding carboxylic acids is 2. The molecule has 0 aliphatic carbocycles. The summed E-state index contributed by atoms with van der Waals surface area (Å²) < 4.78 is 0. The Labute approximate surface area is 167 Å². The molecule has 0 bridgehead atoms. The van der Waals surface area contributed by atoms with E-state index in [1.165, 1.54) is 5.56 Å². The van der Waals surface area contributed by atoms with Gasteiger partial charge in [-0.05, 0) is 44.6 Å². The van der Waals surface area contributed by atoms with Crippen LogP contribution in [0.1, 0.15) is 44.6 Å². The summed E-state index contributed by atoms with van der Waals surface area (Å²) in [5.41, 5.74) is 7.66. The summed E-state index contributed by atoms with van der Waals surface area (Å²) in [5, 5.41) is 0. The number of carbonyl (C=O) groups is 2. The normalized spacial score (nSPS) is 27.0. The van der Waals surface area contributed by atoms with Crippen molar-refractivity contribution in [2.45, 2.75) is 57.5 Å². The van der Waals surface area contributed by atoms with Crippen LogP contribution < -0.4 is 10.9 Å². The number of benzene rings is 1. The maximum atomic E-state index is 12.7. The first-order chi connectivity index (χ1) is 13.5. The zero-order valence-electron chi connectivity index (χ0n) is 16.8. The third-order valence-electron chi connectivity index (χ3n) is 6.67. The van der Waals surface area contributed by atoms with Crippen LogP contribution in [-0.2, 0) is 16.0 Å². The Balaban J connectivity index is 1.25. The minimum absolute atomic E-state index is 0.0786. The molecule has 28 heavy (non-hydrogen) atoms.